The van der Waals surface area contributed by atoms with Crippen molar-refractivity contribution in [3.05, 3.63) is 52.3 Å². The number of aliphatic carboxylic acids is 1. The van der Waals surface area contributed by atoms with E-state index in [2.05, 4.69) is 4.98 Å². The summed E-state index contributed by atoms with van der Waals surface area (Å²) in [6.07, 6.45) is 0. The number of aryl methyl sites for hydroxylation is 1. The molecule has 0 aliphatic rings. The molecule has 0 bridgehead atoms. The zero-order valence-corrected chi connectivity index (χ0v) is 13.4. The lowest BCUT2D eigenvalue weighted by atomic mass is 10.0. The van der Waals surface area contributed by atoms with Crippen LogP contribution in [0, 0.1) is 6.92 Å². The van der Waals surface area contributed by atoms with E-state index in [-0.39, 0.29) is 22.7 Å². The summed E-state index contributed by atoms with van der Waals surface area (Å²) in [5.74, 6) is -4.34. The molecular weight excluding hydrogens is 314 g/mol. The van der Waals surface area contributed by atoms with Crippen molar-refractivity contribution < 1.29 is 29.3 Å². The van der Waals surface area contributed by atoms with Crippen LogP contribution in [0.3, 0.4) is 0 Å². The second-order valence-electron chi connectivity index (χ2n) is 5.33. The number of carboxylic acids is 2. The van der Waals surface area contributed by atoms with E-state index in [9.17, 15) is 24.6 Å². The first-order valence-corrected chi connectivity index (χ1v) is 7.15. The number of methoxy groups -OCH3 is 1. The fourth-order valence-electron chi connectivity index (χ4n) is 2.49. The van der Waals surface area contributed by atoms with Gasteiger partial charge in [0.2, 0.25) is 5.78 Å². The quantitative estimate of drug-likeness (QED) is 0.700. The average Bonchev–Trinajstić information content (AvgIpc) is 2.93. The lowest BCUT2D eigenvalue weighted by Gasteiger charge is -2.06. The Labute approximate surface area is 137 Å². The molecule has 126 valence electrons. The molecule has 7 nitrogen and oxygen atoms in total. The summed E-state index contributed by atoms with van der Waals surface area (Å²) in [4.78, 5) is 38.2. The number of H-pyrrole nitrogens is 1. The van der Waals surface area contributed by atoms with Crippen LogP contribution >= 0.6 is 0 Å². The van der Waals surface area contributed by atoms with Crippen LogP contribution in [-0.2, 0) is 4.79 Å². The van der Waals surface area contributed by atoms with Gasteiger partial charge in [-0.2, -0.15) is 0 Å². The Morgan fingerprint density at radius 3 is 2.29 bits per heavy atom. The maximum Gasteiger partial charge on any atom is 0.341 e. The van der Waals surface area contributed by atoms with Gasteiger partial charge in [-0.3, -0.25) is 9.59 Å². The van der Waals surface area contributed by atoms with Crippen molar-refractivity contribution in [2.24, 2.45) is 0 Å². The number of carbonyl (C=O) groups is 3. The average molecular weight is 331 g/mol. The van der Waals surface area contributed by atoms with Crippen molar-refractivity contribution in [1.82, 2.24) is 4.98 Å². The summed E-state index contributed by atoms with van der Waals surface area (Å²) in [5.41, 5.74) is 0.591. The second kappa shape index (κ2) is 6.57. The zero-order chi connectivity index (χ0) is 18.0. The van der Waals surface area contributed by atoms with E-state index in [1.807, 2.05) is 0 Å². The number of ether oxygens (including phenoxy) is 1. The third kappa shape index (κ3) is 2.88. The number of rotatable bonds is 6. The largest absolute Gasteiger partial charge is 0.493 e. The number of aromatic amines is 1. The van der Waals surface area contributed by atoms with Gasteiger partial charge in [0.1, 0.15) is 11.3 Å². The van der Waals surface area contributed by atoms with Crippen LogP contribution in [0.15, 0.2) is 24.3 Å². The molecule has 0 spiro atoms. The molecule has 1 heterocycles. The molecule has 1 atom stereocenters. The fourth-order valence-corrected chi connectivity index (χ4v) is 2.49. The summed E-state index contributed by atoms with van der Waals surface area (Å²) >= 11 is 0. The summed E-state index contributed by atoms with van der Waals surface area (Å²) in [6, 6.07) is 6.83. The molecule has 0 saturated carbocycles. The highest BCUT2D eigenvalue weighted by atomic mass is 16.5. The minimum atomic E-state index is -1.37. The standard InChI is InChI=1S/C17H17NO6/c1-8-6-4-5-7-10(8)14(19)13-15(24-3)11(17(22)23)12(18-13)9(2)16(20)21/h4-7,9,18H,1-3H3,(H,20,21)(H,22,23). The first-order valence-electron chi connectivity index (χ1n) is 7.15. The van der Waals surface area contributed by atoms with E-state index >= 15 is 0 Å². The van der Waals surface area contributed by atoms with Gasteiger partial charge in [0.25, 0.3) is 0 Å². The Bertz CT molecular complexity index is 820. The molecule has 2 rings (SSSR count). The molecule has 0 aliphatic carbocycles. The van der Waals surface area contributed by atoms with Crippen LogP contribution in [0.1, 0.15) is 50.5 Å². The monoisotopic (exact) mass is 331 g/mol. The van der Waals surface area contributed by atoms with E-state index in [4.69, 9.17) is 4.74 Å². The van der Waals surface area contributed by atoms with E-state index in [0.717, 1.165) is 0 Å². The number of aromatic carboxylic acids is 1. The Morgan fingerprint density at radius 1 is 1.17 bits per heavy atom. The highest BCUT2D eigenvalue weighted by molar-refractivity contribution is 6.12. The predicted molar refractivity (Wildman–Crippen MR) is 85.0 cm³/mol. The number of hydrogen-bond donors (Lipinski definition) is 3. The van der Waals surface area contributed by atoms with Crippen molar-refractivity contribution in [3.63, 3.8) is 0 Å². The van der Waals surface area contributed by atoms with E-state index in [1.165, 1.54) is 14.0 Å². The number of aromatic nitrogens is 1. The molecule has 0 aliphatic heterocycles. The zero-order valence-electron chi connectivity index (χ0n) is 13.4. The molecule has 0 amide bonds. The molecule has 7 heteroatoms. The number of carboxylic acid groups (broad SMARTS) is 2. The predicted octanol–water partition coefficient (Wildman–Crippen LogP) is 2.45. The van der Waals surface area contributed by atoms with Crippen molar-refractivity contribution in [3.8, 4) is 5.75 Å². The lowest BCUT2D eigenvalue weighted by molar-refractivity contribution is -0.138. The van der Waals surface area contributed by atoms with Crippen LogP contribution < -0.4 is 4.74 Å². The molecule has 1 unspecified atom stereocenters. The fraction of sp³-hybridized carbons (Fsp3) is 0.235. The third-order valence-corrected chi connectivity index (χ3v) is 3.82. The Hall–Kier alpha value is -3.09. The van der Waals surface area contributed by atoms with Gasteiger partial charge in [-0.25, -0.2) is 4.79 Å². The normalized spacial score (nSPS) is 11.8. The minimum Gasteiger partial charge on any atom is -0.493 e. The van der Waals surface area contributed by atoms with E-state index in [0.29, 0.717) is 11.1 Å². The van der Waals surface area contributed by atoms with Gasteiger partial charge in [0.15, 0.2) is 5.75 Å². The summed E-state index contributed by atoms with van der Waals surface area (Å²) < 4.78 is 5.11. The molecule has 0 radical (unpaired) electrons. The molecule has 1 aromatic heterocycles. The molecule has 3 N–H and O–H groups in total. The first kappa shape index (κ1) is 17.3. The SMILES string of the molecule is COc1c(C(=O)c2ccccc2C)[nH]c(C(C)C(=O)O)c1C(=O)O. The highest BCUT2D eigenvalue weighted by Crippen LogP contribution is 2.33. The molecule has 1 aromatic carbocycles. The van der Waals surface area contributed by atoms with Gasteiger partial charge >= 0.3 is 11.9 Å². The Morgan fingerprint density at radius 2 is 1.79 bits per heavy atom. The topological polar surface area (TPSA) is 117 Å². The highest BCUT2D eigenvalue weighted by Gasteiger charge is 2.32. The van der Waals surface area contributed by atoms with Gasteiger partial charge in [-0.1, -0.05) is 24.3 Å². The van der Waals surface area contributed by atoms with E-state index in [1.54, 1.807) is 31.2 Å². The second-order valence-corrected chi connectivity index (χ2v) is 5.33. The smallest absolute Gasteiger partial charge is 0.341 e. The third-order valence-electron chi connectivity index (χ3n) is 3.82. The van der Waals surface area contributed by atoms with Crippen molar-refractivity contribution in [2.75, 3.05) is 7.11 Å². The number of carbonyl (C=O) groups excluding carboxylic acids is 1. The van der Waals surface area contributed by atoms with Gasteiger partial charge < -0.3 is 19.9 Å². The molecule has 24 heavy (non-hydrogen) atoms. The van der Waals surface area contributed by atoms with Crippen LogP contribution in [0.4, 0.5) is 0 Å². The number of nitrogens with one attached hydrogen (secondary N) is 1. The maximum absolute atomic E-state index is 12.8. The van der Waals surface area contributed by atoms with Crippen LogP contribution in [0.2, 0.25) is 0 Å². The number of hydrogen-bond acceptors (Lipinski definition) is 4. The lowest BCUT2D eigenvalue weighted by Crippen LogP contribution is -2.12. The summed E-state index contributed by atoms with van der Waals surface area (Å²) in [6.45, 7) is 3.09. The minimum absolute atomic E-state index is 0.0766. The molecule has 0 saturated heterocycles. The maximum atomic E-state index is 12.8. The van der Waals surface area contributed by atoms with Crippen LogP contribution in [-0.4, -0.2) is 40.0 Å². The number of ketones is 1. The summed E-state index contributed by atoms with van der Waals surface area (Å²) in [7, 11) is 1.24. The first-order chi connectivity index (χ1) is 11.3. The van der Waals surface area contributed by atoms with Gasteiger partial charge in [0.05, 0.1) is 13.0 Å². The van der Waals surface area contributed by atoms with Crippen molar-refractivity contribution >= 4 is 17.7 Å². The Balaban J connectivity index is 2.69. The van der Waals surface area contributed by atoms with Crippen LogP contribution in [0.5, 0.6) is 5.75 Å². The van der Waals surface area contributed by atoms with Crippen molar-refractivity contribution in [1.29, 1.82) is 0 Å². The van der Waals surface area contributed by atoms with Crippen LogP contribution in [0.25, 0.3) is 0 Å². The Kier molecular flexibility index (Phi) is 4.73. The van der Waals surface area contributed by atoms with Gasteiger partial charge in [0, 0.05) is 11.3 Å². The van der Waals surface area contributed by atoms with E-state index < -0.39 is 23.6 Å². The molecular formula is C17H17NO6. The molecule has 2 aromatic rings. The van der Waals surface area contributed by atoms with Crippen molar-refractivity contribution in [2.45, 2.75) is 19.8 Å². The molecule has 0 fully saturated rings. The summed E-state index contributed by atoms with van der Waals surface area (Å²) in [5, 5.41) is 18.6. The van der Waals surface area contributed by atoms with Gasteiger partial charge in [-0.15, -0.1) is 0 Å². The number of benzene rings is 1. The van der Waals surface area contributed by atoms with Gasteiger partial charge in [-0.05, 0) is 19.4 Å².